The van der Waals surface area contributed by atoms with Crippen LogP contribution in [0.1, 0.15) is 84.4 Å². The lowest BCUT2D eigenvalue weighted by Gasteiger charge is -2.39. The summed E-state index contributed by atoms with van der Waals surface area (Å²) in [5, 5.41) is 13.6. The number of anilines is 3. The average Bonchev–Trinajstić information content (AvgIpc) is 3.77. The number of hydrogen-bond acceptors (Lipinski definition) is 8. The van der Waals surface area contributed by atoms with E-state index in [1.807, 2.05) is 46.0 Å². The van der Waals surface area contributed by atoms with Crippen LogP contribution >= 0.6 is 0 Å². The Morgan fingerprint density at radius 1 is 1.17 bits per heavy atom. The van der Waals surface area contributed by atoms with E-state index in [1.165, 1.54) is 12.8 Å². The average molecular weight is 671 g/mol. The van der Waals surface area contributed by atoms with Gasteiger partial charge in [-0.05, 0) is 93.6 Å². The quantitative estimate of drug-likeness (QED) is 0.227. The minimum Gasteiger partial charge on any atom is -0.443 e. The highest BCUT2D eigenvalue weighted by Gasteiger charge is 2.47. The van der Waals surface area contributed by atoms with Crippen molar-refractivity contribution >= 4 is 31.7 Å². The molecule has 0 spiro atoms. The van der Waals surface area contributed by atoms with Crippen molar-refractivity contribution in [1.82, 2.24) is 14.5 Å². The van der Waals surface area contributed by atoms with Crippen LogP contribution in [0, 0.1) is 24.2 Å². The van der Waals surface area contributed by atoms with Gasteiger partial charge in [0.1, 0.15) is 17.4 Å². The number of fused-ring (bicyclic) bond motifs is 1. The van der Waals surface area contributed by atoms with Gasteiger partial charge in [-0.1, -0.05) is 40.5 Å². The largest absolute Gasteiger partial charge is 0.443 e. The topological polar surface area (TPSA) is 122 Å². The lowest BCUT2D eigenvalue weighted by molar-refractivity contribution is 0.0575. The number of rotatable bonds is 9. The van der Waals surface area contributed by atoms with Gasteiger partial charge in [0.05, 0.1) is 16.9 Å². The fourth-order valence-electron chi connectivity index (χ4n) is 5.75. The van der Waals surface area contributed by atoms with Crippen molar-refractivity contribution < 1.29 is 14.0 Å². The second-order valence-corrected chi connectivity index (χ2v) is 21.1. The molecule has 5 rings (SSSR count). The number of benzene rings is 1. The molecule has 256 valence electrons. The fourth-order valence-corrected chi connectivity index (χ4v) is 6.87. The number of hydrogen-bond donors (Lipinski definition) is 1. The normalized spacial score (nSPS) is 18.0. The van der Waals surface area contributed by atoms with Gasteiger partial charge in [0, 0.05) is 43.1 Å². The molecule has 0 unspecified atom stereocenters. The third-order valence-electron chi connectivity index (χ3n) is 9.73. The van der Waals surface area contributed by atoms with Crippen molar-refractivity contribution in [2.75, 3.05) is 23.4 Å². The van der Waals surface area contributed by atoms with Gasteiger partial charge in [-0.15, -0.1) is 0 Å². The highest BCUT2D eigenvalue weighted by atomic mass is 28.4. The van der Waals surface area contributed by atoms with E-state index in [-0.39, 0.29) is 16.5 Å². The zero-order valence-electron chi connectivity index (χ0n) is 30.2. The first kappa shape index (κ1) is 35.3. The van der Waals surface area contributed by atoms with Crippen molar-refractivity contribution in [2.45, 2.75) is 110 Å². The maximum atomic E-state index is 13.6. The Hall–Kier alpha value is -4.01. The minimum absolute atomic E-state index is 0.00257. The third-order valence-corrected chi connectivity index (χ3v) is 14.2. The Labute approximate surface area is 285 Å². The second-order valence-electron chi connectivity index (χ2n) is 16.3. The van der Waals surface area contributed by atoms with Gasteiger partial charge < -0.3 is 19.0 Å². The van der Waals surface area contributed by atoms with Crippen LogP contribution < -0.4 is 15.8 Å². The van der Waals surface area contributed by atoms with E-state index in [9.17, 15) is 14.9 Å². The number of amides is 1. The summed E-state index contributed by atoms with van der Waals surface area (Å²) >= 11 is 0. The van der Waals surface area contributed by atoms with Gasteiger partial charge >= 0.3 is 6.09 Å². The Kier molecular flexibility index (Phi) is 9.40. The Morgan fingerprint density at radius 2 is 1.88 bits per heavy atom. The molecule has 48 heavy (non-hydrogen) atoms. The van der Waals surface area contributed by atoms with Crippen LogP contribution in [-0.2, 0) is 21.1 Å². The number of ether oxygens (including phenoxy) is 1. The zero-order valence-corrected chi connectivity index (χ0v) is 31.2. The van der Waals surface area contributed by atoms with Crippen LogP contribution in [0.15, 0.2) is 41.5 Å². The number of aryl methyl sites for hydroxylation is 2. The molecule has 2 aromatic heterocycles. The molecular formula is C37H50N6O4Si. The smallest absolute Gasteiger partial charge is 0.414 e. The summed E-state index contributed by atoms with van der Waals surface area (Å²) in [6.07, 6.45) is 6.51. The zero-order chi connectivity index (χ0) is 35.2. The Morgan fingerprint density at radius 3 is 2.50 bits per heavy atom. The van der Waals surface area contributed by atoms with Gasteiger partial charge in [-0.3, -0.25) is 9.69 Å². The summed E-state index contributed by atoms with van der Waals surface area (Å²) in [5.74, 6) is 0.999. The molecule has 0 saturated heterocycles. The number of carbonyl (C=O) groups excluding carboxylic acids is 1. The van der Waals surface area contributed by atoms with Gasteiger partial charge in [-0.2, -0.15) is 5.26 Å². The molecule has 2 aliphatic rings. The summed E-state index contributed by atoms with van der Waals surface area (Å²) in [6.45, 7) is 21.9. The number of pyridine rings is 1. The second kappa shape index (κ2) is 12.8. The van der Waals surface area contributed by atoms with Gasteiger partial charge in [0.2, 0.25) is 5.95 Å². The molecule has 1 aliphatic heterocycles. The van der Waals surface area contributed by atoms with Crippen LogP contribution in [0.4, 0.5) is 22.1 Å². The number of nitrogens with zero attached hydrogens (tertiary/aromatic N) is 5. The molecule has 0 bridgehead atoms. The van der Waals surface area contributed by atoms with Gasteiger partial charge in [0.25, 0.3) is 5.56 Å². The molecule has 1 N–H and O–H groups in total. The van der Waals surface area contributed by atoms with Gasteiger partial charge in [0.15, 0.2) is 8.32 Å². The monoisotopic (exact) mass is 670 g/mol. The molecule has 10 nitrogen and oxygen atoms in total. The Balaban J connectivity index is 1.53. The van der Waals surface area contributed by atoms with Crippen LogP contribution in [0.25, 0.3) is 11.3 Å². The summed E-state index contributed by atoms with van der Waals surface area (Å²) in [5.41, 5.74) is 2.93. The molecule has 1 saturated carbocycles. The van der Waals surface area contributed by atoms with E-state index in [1.54, 1.807) is 27.8 Å². The summed E-state index contributed by atoms with van der Waals surface area (Å²) in [6, 6.07) is 9.68. The van der Waals surface area contributed by atoms with Crippen LogP contribution in [0.2, 0.25) is 18.1 Å². The van der Waals surface area contributed by atoms with Crippen molar-refractivity contribution in [3.8, 4) is 17.3 Å². The van der Waals surface area contributed by atoms with Crippen LogP contribution in [0.3, 0.4) is 0 Å². The first-order chi connectivity index (χ1) is 22.3. The maximum Gasteiger partial charge on any atom is 0.414 e. The third kappa shape index (κ3) is 7.66. The van der Waals surface area contributed by atoms with Crippen molar-refractivity contribution in [3.63, 3.8) is 0 Å². The molecule has 3 aromatic rings. The minimum atomic E-state index is -2.15. The number of aromatic nitrogens is 3. The van der Waals surface area contributed by atoms with E-state index in [0.29, 0.717) is 47.9 Å². The molecule has 0 radical (unpaired) electrons. The molecule has 11 heteroatoms. The highest BCUT2D eigenvalue weighted by molar-refractivity contribution is 6.74. The molecule has 1 amide bonds. The number of nitriles is 1. The molecule has 1 aliphatic carbocycles. The van der Waals surface area contributed by atoms with E-state index in [2.05, 4.69) is 57.2 Å². The first-order valence-corrected chi connectivity index (χ1v) is 19.8. The predicted octanol–water partition coefficient (Wildman–Crippen LogP) is 8.06. The highest BCUT2D eigenvalue weighted by Crippen LogP contribution is 2.47. The molecule has 3 heterocycles. The maximum absolute atomic E-state index is 13.6. The molecule has 1 atom stereocenters. The van der Waals surface area contributed by atoms with Crippen molar-refractivity contribution in [3.05, 3.63) is 63.7 Å². The SMILES string of the molecule is Cc1cc(Nc2nccc(-c3cc(C#N)c4c(c3)[C@@](C)(CO[Si](C)(C)C(C)(C)C)CN4C(=O)OC(C)(C)C)n2)c(=O)n(CCC2CC2)c1. The molecule has 1 fully saturated rings. The van der Waals surface area contributed by atoms with E-state index in [0.717, 1.165) is 23.5 Å². The fraction of sp³-hybridized carbons (Fsp3) is 0.541. The summed E-state index contributed by atoms with van der Waals surface area (Å²) in [4.78, 5) is 37.7. The summed E-state index contributed by atoms with van der Waals surface area (Å²) in [7, 11) is -2.15. The molecule has 1 aromatic carbocycles. The van der Waals surface area contributed by atoms with Gasteiger partial charge in [-0.25, -0.2) is 14.8 Å². The summed E-state index contributed by atoms with van der Waals surface area (Å²) < 4.78 is 14.3. The first-order valence-electron chi connectivity index (χ1n) is 16.8. The van der Waals surface area contributed by atoms with Crippen molar-refractivity contribution in [1.29, 1.82) is 5.26 Å². The van der Waals surface area contributed by atoms with Crippen LogP contribution in [0.5, 0.6) is 0 Å². The lowest BCUT2D eigenvalue weighted by atomic mass is 9.83. The van der Waals surface area contributed by atoms with E-state index in [4.69, 9.17) is 14.1 Å². The van der Waals surface area contributed by atoms with E-state index >= 15 is 0 Å². The molecular weight excluding hydrogens is 621 g/mol. The van der Waals surface area contributed by atoms with Crippen LogP contribution in [-0.4, -0.2) is 47.7 Å². The van der Waals surface area contributed by atoms with Crippen molar-refractivity contribution in [2.24, 2.45) is 5.92 Å². The standard InChI is InChI=1S/C37H50N6O4Si/c1-24-17-30(32(44)42(21-24)16-14-25-11-12-25)41-33-39-15-13-29(40-33)26-18-27(20-38)31-28(19-26)37(8,23-46-48(9,10)36(5,6)7)22-43(31)34(45)47-35(2,3)4/h13,15,17-19,21,25H,11-12,14,16,22-23H2,1-10H3,(H,39,40,41)/t37-/m1/s1. The number of carbonyl (C=O) groups is 1. The number of nitrogens with one attached hydrogen (secondary N) is 1. The lowest BCUT2D eigenvalue weighted by Crippen LogP contribution is -2.46. The Bertz CT molecular complexity index is 1810. The van der Waals surface area contributed by atoms with E-state index < -0.39 is 25.4 Å². The predicted molar refractivity (Wildman–Crippen MR) is 192 cm³/mol.